The van der Waals surface area contributed by atoms with Crippen LogP contribution in [0.4, 0.5) is 23.2 Å². The van der Waals surface area contributed by atoms with E-state index in [-0.39, 0.29) is 11.3 Å². The van der Waals surface area contributed by atoms with E-state index in [4.69, 9.17) is 4.74 Å². The second-order valence-electron chi connectivity index (χ2n) is 5.72. The third-order valence-electron chi connectivity index (χ3n) is 3.97. The van der Waals surface area contributed by atoms with Gasteiger partial charge in [0.25, 0.3) is 5.91 Å². The summed E-state index contributed by atoms with van der Waals surface area (Å²) < 4.78 is 57.5. The molecule has 0 saturated heterocycles. The lowest BCUT2D eigenvalue weighted by molar-refractivity contribution is -0.140. The van der Waals surface area contributed by atoms with E-state index in [0.29, 0.717) is 36.7 Å². The number of amides is 1. The fraction of sp³-hybridized carbons (Fsp3) is 0.312. The van der Waals surface area contributed by atoms with Crippen LogP contribution in [-0.4, -0.2) is 42.1 Å². The molecule has 1 aromatic carbocycles. The number of H-pyrrole nitrogens is 1. The zero-order valence-electron chi connectivity index (χ0n) is 14.0. The number of carbonyl (C=O) groups is 1. The van der Waals surface area contributed by atoms with Crippen LogP contribution in [-0.2, 0) is 15.7 Å². The molecule has 11 heteroatoms. The quantitative estimate of drug-likeness (QED) is 0.525. The minimum absolute atomic E-state index is 0.0325. The van der Waals surface area contributed by atoms with Gasteiger partial charge in [0, 0.05) is 13.7 Å². The van der Waals surface area contributed by atoms with E-state index < -0.39 is 29.4 Å². The average molecular weight is 385 g/mol. The Bertz CT molecular complexity index is 878. The van der Waals surface area contributed by atoms with E-state index >= 15 is 0 Å². The molecule has 1 aromatic heterocycles. The van der Waals surface area contributed by atoms with Crippen molar-refractivity contribution in [3.05, 3.63) is 47.0 Å². The van der Waals surface area contributed by atoms with Crippen molar-refractivity contribution in [2.45, 2.75) is 12.1 Å². The molecule has 3 N–H and O–H groups in total. The number of aromatic amines is 1. The number of aromatic nitrogens is 2. The maximum atomic E-state index is 13.6. The van der Waals surface area contributed by atoms with Crippen molar-refractivity contribution in [3.63, 3.8) is 0 Å². The van der Waals surface area contributed by atoms with Crippen LogP contribution < -0.4 is 10.7 Å². The van der Waals surface area contributed by atoms with Crippen molar-refractivity contribution in [2.75, 3.05) is 25.6 Å². The summed E-state index contributed by atoms with van der Waals surface area (Å²) >= 11 is 0. The number of alkyl halides is 3. The van der Waals surface area contributed by atoms with E-state index in [2.05, 4.69) is 26.0 Å². The predicted octanol–water partition coefficient (Wildman–Crippen LogP) is 2.24. The Balaban J connectivity index is 1.96. The van der Waals surface area contributed by atoms with Crippen LogP contribution in [0.3, 0.4) is 0 Å². The molecular weight excluding hydrogens is 370 g/mol. The van der Waals surface area contributed by atoms with Crippen LogP contribution in [0.1, 0.15) is 22.7 Å². The normalized spacial score (nSPS) is 17.0. The van der Waals surface area contributed by atoms with Gasteiger partial charge in [-0.3, -0.25) is 9.89 Å². The molecule has 1 unspecified atom stereocenters. The van der Waals surface area contributed by atoms with Crippen LogP contribution in [0.5, 0.6) is 0 Å². The molecule has 7 nitrogen and oxygen atoms in total. The maximum absolute atomic E-state index is 13.6. The lowest BCUT2D eigenvalue weighted by atomic mass is 9.90. The minimum atomic E-state index is -4.88. The number of hydrogen-bond acceptors (Lipinski definition) is 5. The van der Waals surface area contributed by atoms with Crippen LogP contribution >= 0.6 is 0 Å². The number of hydrazone groups is 1. The Hall–Kier alpha value is -2.95. The van der Waals surface area contributed by atoms with Gasteiger partial charge in [-0.1, -0.05) is 6.07 Å². The Labute approximate surface area is 150 Å². The van der Waals surface area contributed by atoms with E-state index in [1.807, 2.05) is 0 Å². The topological polar surface area (TPSA) is 91.4 Å². The van der Waals surface area contributed by atoms with Crippen LogP contribution in [0.2, 0.25) is 0 Å². The lowest BCUT2D eigenvalue weighted by Crippen LogP contribution is -2.23. The second-order valence-corrected chi connectivity index (χ2v) is 5.72. The summed E-state index contributed by atoms with van der Waals surface area (Å²) in [5.74, 6) is -3.18. The molecule has 2 aromatic rings. The van der Waals surface area contributed by atoms with Crippen molar-refractivity contribution in [1.29, 1.82) is 0 Å². The molecule has 3 rings (SSSR count). The zero-order valence-corrected chi connectivity index (χ0v) is 14.0. The third-order valence-corrected chi connectivity index (χ3v) is 3.97. The maximum Gasteiger partial charge on any atom is 0.419 e. The first-order valence-electron chi connectivity index (χ1n) is 7.83. The first-order chi connectivity index (χ1) is 12.8. The zero-order chi connectivity index (χ0) is 19.6. The Morgan fingerprint density at radius 3 is 2.81 bits per heavy atom. The number of nitrogens with one attached hydrogen (secondary N) is 3. The first kappa shape index (κ1) is 18.8. The lowest BCUT2D eigenvalue weighted by Gasteiger charge is -2.15. The summed E-state index contributed by atoms with van der Waals surface area (Å²) in [4.78, 5) is 12.2. The smallest absolute Gasteiger partial charge is 0.383 e. The monoisotopic (exact) mass is 385 g/mol. The van der Waals surface area contributed by atoms with Gasteiger partial charge in [-0.25, -0.2) is 9.82 Å². The number of methoxy groups -OCH3 is 1. The first-order valence-corrected chi connectivity index (χ1v) is 7.83. The SMILES string of the molecule is COCCNc1cn[nH]c1C1=NNC(=O)C1c1ccc(F)c(C(F)(F)F)c1. The van der Waals surface area contributed by atoms with Crippen molar-refractivity contribution in [3.8, 4) is 0 Å². The molecule has 144 valence electrons. The van der Waals surface area contributed by atoms with Crippen LogP contribution in [0.15, 0.2) is 29.5 Å². The number of ether oxygens (including phenoxy) is 1. The third kappa shape index (κ3) is 3.77. The molecule has 0 fully saturated rings. The molecule has 0 radical (unpaired) electrons. The highest BCUT2D eigenvalue weighted by Gasteiger charge is 2.39. The highest BCUT2D eigenvalue weighted by Crippen LogP contribution is 2.35. The van der Waals surface area contributed by atoms with Crippen molar-refractivity contribution < 1.29 is 27.1 Å². The standard InChI is InChI=1S/C16H15F4N5O2/c1-27-5-4-21-11-7-22-23-13(11)14-12(15(26)25-24-14)8-2-3-10(17)9(6-8)16(18,19)20/h2-3,6-7,12,21H,4-5H2,1H3,(H,22,23)(H,25,26). The highest BCUT2D eigenvalue weighted by molar-refractivity contribution is 6.21. The van der Waals surface area contributed by atoms with Gasteiger partial charge < -0.3 is 10.1 Å². The predicted molar refractivity (Wildman–Crippen MR) is 87.8 cm³/mol. The number of anilines is 1. The molecule has 1 aliphatic heterocycles. The summed E-state index contributed by atoms with van der Waals surface area (Å²) in [6.07, 6.45) is -3.42. The van der Waals surface area contributed by atoms with Gasteiger partial charge in [0.15, 0.2) is 0 Å². The van der Waals surface area contributed by atoms with Crippen molar-refractivity contribution >= 4 is 17.3 Å². The highest BCUT2D eigenvalue weighted by atomic mass is 19.4. The fourth-order valence-electron chi connectivity index (χ4n) is 2.72. The second kappa shape index (κ2) is 7.35. The van der Waals surface area contributed by atoms with Gasteiger partial charge in [-0.05, 0) is 17.7 Å². The molecular formula is C16H15F4N5O2. The van der Waals surface area contributed by atoms with E-state index in [0.717, 1.165) is 6.07 Å². The molecule has 1 amide bonds. The largest absolute Gasteiger partial charge is 0.419 e. The number of benzene rings is 1. The molecule has 2 heterocycles. The molecule has 1 aliphatic rings. The van der Waals surface area contributed by atoms with Crippen LogP contribution in [0.25, 0.3) is 0 Å². The Kier molecular flexibility index (Phi) is 5.13. The van der Waals surface area contributed by atoms with Gasteiger partial charge in [0.1, 0.15) is 23.1 Å². The number of hydrogen-bond donors (Lipinski definition) is 3. The van der Waals surface area contributed by atoms with Gasteiger partial charge in [-0.2, -0.15) is 23.4 Å². The van der Waals surface area contributed by atoms with Gasteiger partial charge >= 0.3 is 6.18 Å². The molecule has 0 bridgehead atoms. The summed E-state index contributed by atoms with van der Waals surface area (Å²) in [7, 11) is 1.53. The average Bonchev–Trinajstić information content (AvgIpc) is 3.21. The van der Waals surface area contributed by atoms with E-state index in [1.165, 1.54) is 13.3 Å². The van der Waals surface area contributed by atoms with Crippen molar-refractivity contribution in [2.24, 2.45) is 5.10 Å². The van der Waals surface area contributed by atoms with Crippen LogP contribution in [0, 0.1) is 5.82 Å². The van der Waals surface area contributed by atoms with Gasteiger partial charge in [0.05, 0.1) is 24.1 Å². The number of halogens is 4. The molecule has 0 saturated carbocycles. The van der Waals surface area contributed by atoms with Crippen molar-refractivity contribution in [1.82, 2.24) is 15.6 Å². The molecule has 0 spiro atoms. The molecule has 27 heavy (non-hydrogen) atoms. The van der Waals surface area contributed by atoms with E-state index in [1.54, 1.807) is 0 Å². The molecule has 1 atom stereocenters. The fourth-order valence-corrected chi connectivity index (χ4v) is 2.72. The van der Waals surface area contributed by atoms with E-state index in [9.17, 15) is 22.4 Å². The van der Waals surface area contributed by atoms with Gasteiger partial charge in [0.2, 0.25) is 0 Å². The van der Waals surface area contributed by atoms with Gasteiger partial charge in [-0.15, -0.1) is 0 Å². The number of carbonyl (C=O) groups excluding carboxylic acids is 1. The minimum Gasteiger partial charge on any atom is -0.383 e. The summed E-state index contributed by atoms with van der Waals surface area (Å²) in [6.45, 7) is 0.849. The summed E-state index contributed by atoms with van der Waals surface area (Å²) in [5, 5.41) is 13.5. The number of nitrogens with zero attached hydrogens (tertiary/aromatic N) is 2. The summed E-state index contributed by atoms with van der Waals surface area (Å²) in [5.41, 5.74) is 1.77. The Morgan fingerprint density at radius 2 is 2.11 bits per heavy atom. The number of rotatable bonds is 6. The summed E-state index contributed by atoms with van der Waals surface area (Å²) in [6, 6.07) is 2.44. The molecule has 0 aliphatic carbocycles. The Morgan fingerprint density at radius 1 is 1.33 bits per heavy atom.